The van der Waals surface area contributed by atoms with Crippen LogP contribution in [-0.2, 0) is 0 Å². The van der Waals surface area contributed by atoms with Crippen LogP contribution in [0.25, 0.3) is 0 Å². The van der Waals surface area contributed by atoms with Gasteiger partial charge in [-0.2, -0.15) is 0 Å². The van der Waals surface area contributed by atoms with Gasteiger partial charge in [-0.15, -0.1) is 12.4 Å². The van der Waals surface area contributed by atoms with Crippen LogP contribution in [0.1, 0.15) is 31.4 Å². The molecule has 16 heavy (non-hydrogen) atoms. The molecule has 0 radical (unpaired) electrons. The molecular formula is C11H18ClN3O. The van der Waals surface area contributed by atoms with E-state index in [4.69, 9.17) is 10.9 Å². The van der Waals surface area contributed by atoms with Gasteiger partial charge in [0.1, 0.15) is 5.71 Å². The molecule has 0 aromatic carbocycles. The summed E-state index contributed by atoms with van der Waals surface area (Å²) in [6, 6.07) is 5.57. The van der Waals surface area contributed by atoms with Gasteiger partial charge in [0.15, 0.2) is 0 Å². The number of hydrogen-bond donors (Lipinski definition) is 2. The maximum atomic E-state index is 8.86. The van der Waals surface area contributed by atoms with E-state index in [1.165, 1.54) is 0 Å². The van der Waals surface area contributed by atoms with Gasteiger partial charge in [-0.1, -0.05) is 17.6 Å². The van der Waals surface area contributed by atoms with Crippen molar-refractivity contribution in [1.82, 2.24) is 4.98 Å². The second-order valence-electron chi connectivity index (χ2n) is 3.36. The summed E-state index contributed by atoms with van der Waals surface area (Å²) in [4.78, 5) is 4.13. The molecule has 3 N–H and O–H groups in total. The molecule has 1 rings (SSSR count). The van der Waals surface area contributed by atoms with Gasteiger partial charge < -0.3 is 10.9 Å². The molecule has 0 amide bonds. The minimum absolute atomic E-state index is 0. The molecule has 0 fully saturated rings. The third-order valence-electron chi connectivity index (χ3n) is 2.20. The van der Waals surface area contributed by atoms with Crippen molar-refractivity contribution in [3.8, 4) is 0 Å². The molecular weight excluding hydrogens is 226 g/mol. The average Bonchev–Trinajstić information content (AvgIpc) is 2.30. The van der Waals surface area contributed by atoms with Crippen LogP contribution in [0.4, 0.5) is 0 Å². The van der Waals surface area contributed by atoms with Crippen LogP contribution in [0.2, 0.25) is 0 Å². The molecule has 0 bridgehead atoms. The Bertz CT molecular complexity index is 303. The van der Waals surface area contributed by atoms with Crippen LogP contribution < -0.4 is 5.73 Å². The van der Waals surface area contributed by atoms with Gasteiger partial charge in [0.05, 0.1) is 5.69 Å². The minimum Gasteiger partial charge on any atom is -0.411 e. The van der Waals surface area contributed by atoms with E-state index >= 15 is 0 Å². The smallest absolute Gasteiger partial charge is 0.105 e. The highest BCUT2D eigenvalue weighted by molar-refractivity contribution is 5.98. The summed E-state index contributed by atoms with van der Waals surface area (Å²) < 4.78 is 0. The van der Waals surface area contributed by atoms with Crippen LogP contribution in [0, 0.1) is 0 Å². The van der Waals surface area contributed by atoms with E-state index in [0.717, 1.165) is 37.9 Å². The lowest BCUT2D eigenvalue weighted by Crippen LogP contribution is -2.04. The first-order valence-electron chi connectivity index (χ1n) is 5.21. The van der Waals surface area contributed by atoms with E-state index in [9.17, 15) is 0 Å². The van der Waals surface area contributed by atoms with Gasteiger partial charge in [0.2, 0.25) is 0 Å². The second kappa shape index (κ2) is 9.12. The topological polar surface area (TPSA) is 71.5 Å². The first kappa shape index (κ1) is 14.9. The number of hydrogen-bond acceptors (Lipinski definition) is 4. The Labute approximate surface area is 102 Å². The normalized spacial score (nSPS) is 10.9. The summed E-state index contributed by atoms with van der Waals surface area (Å²) >= 11 is 0. The molecule has 1 aromatic rings. The molecule has 90 valence electrons. The maximum Gasteiger partial charge on any atom is 0.105 e. The van der Waals surface area contributed by atoms with Gasteiger partial charge in [0, 0.05) is 6.20 Å². The van der Waals surface area contributed by atoms with E-state index in [-0.39, 0.29) is 12.4 Å². The van der Waals surface area contributed by atoms with Crippen LogP contribution in [-0.4, -0.2) is 22.4 Å². The van der Waals surface area contributed by atoms with Crippen molar-refractivity contribution >= 4 is 18.1 Å². The van der Waals surface area contributed by atoms with Crippen LogP contribution in [0.3, 0.4) is 0 Å². The molecule has 0 spiro atoms. The Morgan fingerprint density at radius 3 is 2.69 bits per heavy atom. The lowest BCUT2D eigenvalue weighted by Gasteiger charge is -2.02. The number of unbranched alkanes of at least 4 members (excludes halogenated alkanes) is 2. The standard InChI is InChI=1S/C11H17N3O.ClH/c12-8-4-1-2-7-11(14-15)10-6-3-5-9-13-10;/h3,5-6,9,15H,1-2,4,7-8,12H2;1H. The van der Waals surface area contributed by atoms with Crippen LogP contribution >= 0.6 is 12.4 Å². The quantitative estimate of drug-likeness (QED) is 0.348. The fourth-order valence-corrected chi connectivity index (χ4v) is 1.38. The summed E-state index contributed by atoms with van der Waals surface area (Å²) in [5.74, 6) is 0. The lowest BCUT2D eigenvalue weighted by atomic mass is 10.1. The SMILES string of the molecule is Cl.NCCCCCC(=NO)c1ccccn1. The maximum absolute atomic E-state index is 8.86. The number of aromatic nitrogens is 1. The largest absolute Gasteiger partial charge is 0.411 e. The molecule has 4 nitrogen and oxygen atoms in total. The highest BCUT2D eigenvalue weighted by atomic mass is 35.5. The third kappa shape index (κ3) is 5.09. The summed E-state index contributed by atoms with van der Waals surface area (Å²) in [5, 5.41) is 12.1. The number of rotatable bonds is 6. The fraction of sp³-hybridized carbons (Fsp3) is 0.455. The van der Waals surface area contributed by atoms with Crippen LogP contribution in [0.15, 0.2) is 29.6 Å². The third-order valence-corrected chi connectivity index (χ3v) is 2.20. The zero-order valence-corrected chi connectivity index (χ0v) is 9.99. The van der Waals surface area contributed by atoms with Crippen molar-refractivity contribution in [2.24, 2.45) is 10.9 Å². The van der Waals surface area contributed by atoms with Crippen molar-refractivity contribution in [1.29, 1.82) is 0 Å². The molecule has 0 aliphatic heterocycles. The monoisotopic (exact) mass is 243 g/mol. The Balaban J connectivity index is 0.00000225. The summed E-state index contributed by atoms with van der Waals surface area (Å²) in [6.45, 7) is 0.717. The van der Waals surface area contributed by atoms with E-state index in [1.807, 2.05) is 18.2 Å². The molecule has 0 saturated heterocycles. The highest BCUT2D eigenvalue weighted by Gasteiger charge is 2.04. The molecule has 1 aromatic heterocycles. The van der Waals surface area contributed by atoms with Gasteiger partial charge in [0.25, 0.3) is 0 Å². The van der Waals surface area contributed by atoms with Crippen molar-refractivity contribution in [2.45, 2.75) is 25.7 Å². The first-order valence-corrected chi connectivity index (χ1v) is 5.21. The highest BCUT2D eigenvalue weighted by Crippen LogP contribution is 2.06. The summed E-state index contributed by atoms with van der Waals surface area (Å²) in [7, 11) is 0. The predicted molar refractivity (Wildman–Crippen MR) is 67.3 cm³/mol. The number of pyridine rings is 1. The zero-order chi connectivity index (χ0) is 10.9. The van der Waals surface area contributed by atoms with Crippen molar-refractivity contribution in [3.05, 3.63) is 30.1 Å². The minimum atomic E-state index is 0. The second-order valence-corrected chi connectivity index (χ2v) is 3.36. The lowest BCUT2D eigenvalue weighted by molar-refractivity contribution is 0.317. The van der Waals surface area contributed by atoms with Crippen LogP contribution in [0.5, 0.6) is 0 Å². The number of halogens is 1. The van der Waals surface area contributed by atoms with Gasteiger partial charge in [-0.25, -0.2) is 0 Å². The van der Waals surface area contributed by atoms with E-state index in [0.29, 0.717) is 5.71 Å². The molecule has 1 heterocycles. The van der Waals surface area contributed by atoms with E-state index in [2.05, 4.69) is 10.1 Å². The molecule has 0 unspecified atom stereocenters. The molecule has 0 atom stereocenters. The zero-order valence-electron chi connectivity index (χ0n) is 9.17. The van der Waals surface area contributed by atoms with Gasteiger partial charge in [-0.05, 0) is 37.9 Å². The molecule has 0 aliphatic carbocycles. The first-order chi connectivity index (χ1) is 7.38. The number of nitrogens with two attached hydrogens (primary N) is 1. The van der Waals surface area contributed by atoms with Crippen molar-refractivity contribution in [3.63, 3.8) is 0 Å². The van der Waals surface area contributed by atoms with E-state index < -0.39 is 0 Å². The van der Waals surface area contributed by atoms with Gasteiger partial charge in [-0.3, -0.25) is 4.98 Å². The molecule has 0 saturated carbocycles. The average molecular weight is 244 g/mol. The van der Waals surface area contributed by atoms with Crippen molar-refractivity contribution in [2.75, 3.05) is 6.54 Å². The Morgan fingerprint density at radius 1 is 1.31 bits per heavy atom. The van der Waals surface area contributed by atoms with E-state index in [1.54, 1.807) is 6.20 Å². The summed E-state index contributed by atoms with van der Waals surface area (Å²) in [6.07, 6.45) is 5.49. The summed E-state index contributed by atoms with van der Waals surface area (Å²) in [5.41, 5.74) is 6.79. The Morgan fingerprint density at radius 2 is 2.12 bits per heavy atom. The fourth-order valence-electron chi connectivity index (χ4n) is 1.38. The molecule has 0 aliphatic rings. The predicted octanol–water partition coefficient (Wildman–Crippen LogP) is 2.20. The number of oxime groups is 1. The van der Waals surface area contributed by atoms with Gasteiger partial charge >= 0.3 is 0 Å². The molecule has 5 heteroatoms. The van der Waals surface area contributed by atoms with Crippen molar-refractivity contribution < 1.29 is 5.21 Å². The number of nitrogens with zero attached hydrogens (tertiary/aromatic N) is 2. The Kier molecular flexibility index (Phi) is 8.48. The Hall–Kier alpha value is -1.13.